The summed E-state index contributed by atoms with van der Waals surface area (Å²) in [6.45, 7) is 0. The van der Waals surface area contributed by atoms with Gasteiger partial charge < -0.3 is 9.47 Å². The van der Waals surface area contributed by atoms with Crippen LogP contribution in [-0.4, -0.2) is 31.1 Å². The third-order valence-electron chi connectivity index (χ3n) is 2.90. The molecule has 0 aliphatic rings. The lowest BCUT2D eigenvalue weighted by Crippen LogP contribution is -1.98. The topological polar surface area (TPSA) is 86.7 Å². The second-order valence-corrected chi connectivity index (χ2v) is 13.3. The Hall–Kier alpha value is -1.36. The maximum atomic E-state index is 12.2. The maximum absolute atomic E-state index is 12.2. The van der Waals surface area contributed by atoms with Gasteiger partial charge in [-0.15, -0.1) is 0 Å². The molecule has 2 aromatic rings. The van der Waals surface area contributed by atoms with Crippen LogP contribution in [0.3, 0.4) is 0 Å². The van der Waals surface area contributed by atoms with Gasteiger partial charge in [0.25, 0.3) is 0 Å². The number of methoxy groups -OCH3 is 2. The normalized spacial score (nSPS) is 11.9. The van der Waals surface area contributed by atoms with Crippen molar-refractivity contribution < 1.29 is 26.3 Å². The van der Waals surface area contributed by atoms with E-state index >= 15 is 0 Å². The Balaban J connectivity index is 2.14. The molecule has 0 amide bonds. The summed E-state index contributed by atoms with van der Waals surface area (Å²) >= 11 is 0. The molecule has 0 unspecified atom stereocenters. The predicted octanol–water partition coefficient (Wildman–Crippen LogP) is 3.16. The van der Waals surface area contributed by atoms with Crippen molar-refractivity contribution in [3.8, 4) is 11.5 Å². The van der Waals surface area contributed by atoms with Gasteiger partial charge in [-0.25, -0.2) is 16.8 Å². The van der Waals surface area contributed by atoms with Crippen molar-refractivity contribution >= 4 is 37.4 Å². The quantitative estimate of drug-likeness (QED) is 0.648. The molecule has 0 N–H and O–H groups in total. The van der Waals surface area contributed by atoms with Gasteiger partial charge in [0.1, 0.15) is 11.5 Å². The van der Waals surface area contributed by atoms with Gasteiger partial charge in [-0.1, -0.05) is 0 Å². The molecule has 2 rings (SSSR count). The van der Waals surface area contributed by atoms with E-state index < -0.39 is 17.7 Å². The van der Waals surface area contributed by atoms with Gasteiger partial charge in [-0.2, -0.15) is 0 Å². The molecular formula is C14H14O6S4. The van der Waals surface area contributed by atoms with Gasteiger partial charge in [0.15, 0.2) is 0 Å². The molecule has 10 heteroatoms. The average molecular weight is 407 g/mol. The third-order valence-corrected chi connectivity index (χ3v) is 12.6. The Labute approximate surface area is 147 Å². The van der Waals surface area contributed by atoms with Crippen LogP contribution in [0.15, 0.2) is 58.3 Å². The van der Waals surface area contributed by atoms with Crippen LogP contribution >= 0.6 is 19.7 Å². The molecule has 130 valence electrons. The van der Waals surface area contributed by atoms with Gasteiger partial charge in [0.05, 0.1) is 43.7 Å². The Morgan fingerprint density at radius 1 is 0.625 bits per heavy atom. The molecule has 0 spiro atoms. The molecule has 0 aromatic heterocycles. The Kier molecular flexibility index (Phi) is 6.07. The van der Waals surface area contributed by atoms with Gasteiger partial charge in [-0.3, -0.25) is 0 Å². The van der Waals surface area contributed by atoms with Crippen LogP contribution < -0.4 is 9.47 Å². The molecule has 0 saturated carbocycles. The van der Waals surface area contributed by atoms with Crippen LogP contribution in [0.4, 0.5) is 0 Å². The lowest BCUT2D eigenvalue weighted by Gasteiger charge is -2.06. The lowest BCUT2D eigenvalue weighted by atomic mass is 10.3. The molecule has 0 radical (unpaired) electrons. The summed E-state index contributed by atoms with van der Waals surface area (Å²) in [5.74, 6) is 1.02. The fraction of sp³-hybridized carbons (Fsp3) is 0.143. The highest BCUT2D eigenvalue weighted by Crippen LogP contribution is 2.41. The summed E-state index contributed by atoms with van der Waals surface area (Å²) < 4.78 is 58.8. The van der Waals surface area contributed by atoms with E-state index in [1.807, 2.05) is 0 Å². The fourth-order valence-electron chi connectivity index (χ4n) is 1.64. The summed E-state index contributed by atoms with van der Waals surface area (Å²) in [4.78, 5) is 0.0106. The van der Waals surface area contributed by atoms with E-state index in [1.54, 1.807) is 0 Å². The van der Waals surface area contributed by atoms with E-state index in [2.05, 4.69) is 0 Å². The highest BCUT2D eigenvalue weighted by atomic mass is 33.7. The van der Waals surface area contributed by atoms with Crippen molar-refractivity contribution in [2.45, 2.75) is 9.79 Å². The molecule has 0 atom stereocenters. The van der Waals surface area contributed by atoms with E-state index in [9.17, 15) is 16.8 Å². The first-order valence-corrected chi connectivity index (χ1v) is 12.6. The largest absolute Gasteiger partial charge is 0.497 e. The van der Waals surface area contributed by atoms with E-state index in [-0.39, 0.29) is 29.4 Å². The van der Waals surface area contributed by atoms with Crippen molar-refractivity contribution in [2.24, 2.45) is 0 Å². The predicted molar refractivity (Wildman–Crippen MR) is 95.5 cm³/mol. The zero-order valence-electron chi connectivity index (χ0n) is 12.7. The Bertz CT molecular complexity index is 810. The number of rotatable bonds is 7. The molecule has 0 fully saturated rings. The SMILES string of the molecule is COc1ccc(S(=O)(=O)SSS(=O)(=O)c2ccc(OC)cc2)cc1. The zero-order chi connectivity index (χ0) is 17.8. The molecular weight excluding hydrogens is 392 g/mol. The monoisotopic (exact) mass is 406 g/mol. The molecule has 6 nitrogen and oxygen atoms in total. The minimum atomic E-state index is -3.82. The minimum Gasteiger partial charge on any atom is -0.497 e. The summed E-state index contributed by atoms with van der Waals surface area (Å²) in [6.07, 6.45) is 0. The summed E-state index contributed by atoms with van der Waals surface area (Å²) in [6, 6.07) is 11.4. The molecule has 0 aliphatic carbocycles. The number of ether oxygens (including phenoxy) is 2. The first-order valence-electron chi connectivity index (χ1n) is 6.44. The van der Waals surface area contributed by atoms with Crippen LogP contribution in [0.1, 0.15) is 0 Å². The van der Waals surface area contributed by atoms with Crippen molar-refractivity contribution in [1.29, 1.82) is 0 Å². The van der Waals surface area contributed by atoms with Crippen molar-refractivity contribution in [3.05, 3.63) is 48.5 Å². The minimum absolute atomic E-state index is 0.00531. The van der Waals surface area contributed by atoms with Gasteiger partial charge in [0.2, 0.25) is 17.7 Å². The van der Waals surface area contributed by atoms with Crippen molar-refractivity contribution in [1.82, 2.24) is 0 Å². The van der Waals surface area contributed by atoms with E-state index in [4.69, 9.17) is 9.47 Å². The number of benzene rings is 2. The van der Waals surface area contributed by atoms with Crippen LogP contribution in [0.25, 0.3) is 0 Å². The Morgan fingerprint density at radius 2 is 0.917 bits per heavy atom. The van der Waals surface area contributed by atoms with E-state index in [0.29, 0.717) is 11.5 Å². The van der Waals surface area contributed by atoms with Crippen molar-refractivity contribution in [3.63, 3.8) is 0 Å². The average Bonchev–Trinajstić information content (AvgIpc) is 2.60. The number of hydrogen-bond acceptors (Lipinski definition) is 8. The smallest absolute Gasteiger partial charge is 0.240 e. The summed E-state index contributed by atoms with van der Waals surface area (Å²) in [5, 5.41) is 0. The fourth-order valence-corrected chi connectivity index (χ4v) is 11.1. The summed E-state index contributed by atoms with van der Waals surface area (Å²) in [7, 11) is -4.13. The van der Waals surface area contributed by atoms with E-state index in [1.165, 1.54) is 62.8 Å². The number of hydrogen-bond donors (Lipinski definition) is 0. The molecule has 0 aliphatic heterocycles. The van der Waals surface area contributed by atoms with E-state index in [0.717, 1.165) is 0 Å². The van der Waals surface area contributed by atoms with Crippen LogP contribution in [-0.2, 0) is 17.7 Å². The molecule has 0 heterocycles. The molecule has 0 bridgehead atoms. The van der Waals surface area contributed by atoms with Gasteiger partial charge in [0, 0.05) is 0 Å². The summed E-state index contributed by atoms with van der Waals surface area (Å²) in [5.41, 5.74) is 0. The van der Waals surface area contributed by atoms with Crippen LogP contribution in [0.5, 0.6) is 11.5 Å². The highest BCUT2D eigenvalue weighted by molar-refractivity contribution is 9.23. The van der Waals surface area contributed by atoms with Crippen molar-refractivity contribution in [2.75, 3.05) is 14.2 Å². The molecule has 2 aromatic carbocycles. The molecule has 24 heavy (non-hydrogen) atoms. The van der Waals surface area contributed by atoms with Crippen LogP contribution in [0, 0.1) is 0 Å². The van der Waals surface area contributed by atoms with Crippen LogP contribution in [0.2, 0.25) is 0 Å². The zero-order valence-corrected chi connectivity index (χ0v) is 16.0. The first kappa shape index (κ1) is 19.0. The van der Waals surface area contributed by atoms with Gasteiger partial charge in [-0.05, 0) is 48.5 Å². The van der Waals surface area contributed by atoms with Gasteiger partial charge >= 0.3 is 0 Å². The Morgan fingerprint density at radius 3 is 1.17 bits per heavy atom. The maximum Gasteiger partial charge on any atom is 0.240 e. The molecule has 0 saturated heterocycles. The standard InChI is InChI=1S/C14H14O6S4/c1-19-11-3-7-13(8-4-11)23(15,16)21-22-24(17,18)14-9-5-12(20-2)6-10-14/h3-10H,1-2H3. The lowest BCUT2D eigenvalue weighted by molar-refractivity contribution is 0.414. The second kappa shape index (κ2) is 7.68. The highest BCUT2D eigenvalue weighted by Gasteiger charge is 2.23. The first-order chi connectivity index (χ1) is 11.3. The third kappa shape index (κ3) is 4.59. The second-order valence-electron chi connectivity index (χ2n) is 4.40.